The SMILES string of the molecule is Cl.Cl.O=C(C1CC1)C(c1ccccc1F)N1CCC(S)/C(=C\c2cnc3ccccc3c2)C1. The maximum absolute atomic E-state index is 14.7. The average molecular weight is 505 g/mol. The Morgan fingerprint density at radius 2 is 1.82 bits per heavy atom. The van der Waals surface area contributed by atoms with E-state index in [1.807, 2.05) is 30.5 Å². The Kier molecular flexibility index (Phi) is 8.57. The minimum absolute atomic E-state index is 0. The van der Waals surface area contributed by atoms with Crippen molar-refractivity contribution in [2.45, 2.75) is 30.6 Å². The number of carbonyl (C=O) groups is 1. The van der Waals surface area contributed by atoms with E-state index in [9.17, 15) is 9.18 Å². The Balaban J connectivity index is 0.00000153. The van der Waals surface area contributed by atoms with Gasteiger partial charge in [0.15, 0.2) is 5.78 Å². The summed E-state index contributed by atoms with van der Waals surface area (Å²) in [5.41, 5.74) is 3.61. The molecule has 3 aromatic rings. The minimum atomic E-state index is -0.535. The van der Waals surface area contributed by atoms with Gasteiger partial charge in [-0.15, -0.1) is 24.8 Å². The molecular formula is C26H27Cl2FN2OS. The van der Waals surface area contributed by atoms with E-state index in [2.05, 4.69) is 28.1 Å². The van der Waals surface area contributed by atoms with Crippen molar-refractivity contribution in [1.82, 2.24) is 9.88 Å². The van der Waals surface area contributed by atoms with Crippen LogP contribution in [0.3, 0.4) is 0 Å². The Morgan fingerprint density at radius 3 is 2.58 bits per heavy atom. The first-order valence-corrected chi connectivity index (χ1v) is 11.4. The molecule has 2 aromatic carbocycles. The predicted molar refractivity (Wildman–Crippen MR) is 140 cm³/mol. The molecule has 33 heavy (non-hydrogen) atoms. The number of benzene rings is 2. The molecule has 2 aliphatic rings. The first-order valence-electron chi connectivity index (χ1n) is 10.9. The number of thiol groups is 1. The minimum Gasteiger partial charge on any atom is -0.297 e. The summed E-state index contributed by atoms with van der Waals surface area (Å²) in [7, 11) is 0. The zero-order valence-electron chi connectivity index (χ0n) is 18.1. The summed E-state index contributed by atoms with van der Waals surface area (Å²) in [6.07, 6.45) is 6.65. The molecule has 2 atom stereocenters. The van der Waals surface area contributed by atoms with Crippen LogP contribution in [0.5, 0.6) is 0 Å². The molecule has 0 spiro atoms. The monoisotopic (exact) mass is 504 g/mol. The van der Waals surface area contributed by atoms with Crippen LogP contribution in [0.25, 0.3) is 17.0 Å². The van der Waals surface area contributed by atoms with Crippen molar-refractivity contribution in [3.05, 3.63) is 83.3 Å². The first kappa shape index (κ1) is 25.7. The third-order valence-corrected chi connectivity index (χ3v) is 6.87. The van der Waals surface area contributed by atoms with Crippen LogP contribution in [0.2, 0.25) is 0 Å². The summed E-state index contributed by atoms with van der Waals surface area (Å²) in [6, 6.07) is 16.3. The summed E-state index contributed by atoms with van der Waals surface area (Å²) in [6.45, 7) is 1.32. The maximum Gasteiger partial charge on any atom is 0.157 e. The third kappa shape index (κ3) is 5.60. The highest BCUT2D eigenvalue weighted by Gasteiger charge is 2.40. The number of hydrogen-bond acceptors (Lipinski definition) is 4. The second-order valence-corrected chi connectivity index (χ2v) is 9.18. The molecule has 0 bridgehead atoms. The molecule has 1 saturated carbocycles. The highest BCUT2D eigenvalue weighted by atomic mass is 35.5. The van der Waals surface area contributed by atoms with E-state index in [-0.39, 0.29) is 47.6 Å². The molecular weight excluding hydrogens is 478 g/mol. The topological polar surface area (TPSA) is 33.2 Å². The van der Waals surface area contributed by atoms with Crippen LogP contribution in [0.4, 0.5) is 4.39 Å². The molecule has 1 aliphatic heterocycles. The number of aromatic nitrogens is 1. The van der Waals surface area contributed by atoms with Crippen molar-refractivity contribution in [2.75, 3.05) is 13.1 Å². The van der Waals surface area contributed by atoms with Gasteiger partial charge >= 0.3 is 0 Å². The summed E-state index contributed by atoms with van der Waals surface area (Å²) in [5, 5.41) is 1.20. The van der Waals surface area contributed by atoms with Gasteiger partial charge in [0.25, 0.3) is 0 Å². The van der Waals surface area contributed by atoms with E-state index in [1.54, 1.807) is 12.1 Å². The zero-order chi connectivity index (χ0) is 21.4. The number of halogens is 3. The molecule has 2 heterocycles. The lowest BCUT2D eigenvalue weighted by atomic mass is 9.93. The van der Waals surface area contributed by atoms with Crippen molar-refractivity contribution in [3.8, 4) is 0 Å². The number of rotatable bonds is 5. The van der Waals surface area contributed by atoms with Crippen molar-refractivity contribution in [2.24, 2.45) is 5.92 Å². The van der Waals surface area contributed by atoms with Gasteiger partial charge in [-0.05, 0) is 48.6 Å². The molecule has 7 heteroatoms. The number of carbonyl (C=O) groups excluding carboxylic acids is 1. The second-order valence-electron chi connectivity index (χ2n) is 8.56. The van der Waals surface area contributed by atoms with Gasteiger partial charge in [0, 0.05) is 41.4 Å². The number of pyridine rings is 1. The molecule has 1 aliphatic carbocycles. The van der Waals surface area contributed by atoms with Crippen molar-refractivity contribution < 1.29 is 9.18 Å². The number of piperidine rings is 1. The predicted octanol–water partition coefficient (Wildman–Crippen LogP) is 6.33. The Labute approximate surface area is 211 Å². The number of para-hydroxylation sites is 1. The van der Waals surface area contributed by atoms with Crippen LogP contribution in [-0.2, 0) is 4.79 Å². The summed E-state index contributed by atoms with van der Waals surface area (Å²) >= 11 is 4.81. The van der Waals surface area contributed by atoms with Gasteiger partial charge in [-0.2, -0.15) is 12.6 Å². The van der Waals surface area contributed by atoms with Crippen LogP contribution in [-0.4, -0.2) is 34.0 Å². The van der Waals surface area contributed by atoms with Gasteiger partial charge < -0.3 is 0 Å². The zero-order valence-corrected chi connectivity index (χ0v) is 20.6. The summed E-state index contributed by atoms with van der Waals surface area (Å²) < 4.78 is 14.7. The molecule has 0 radical (unpaired) electrons. The largest absolute Gasteiger partial charge is 0.297 e. The number of fused-ring (bicyclic) bond motifs is 1. The molecule has 1 saturated heterocycles. The smallest absolute Gasteiger partial charge is 0.157 e. The Bertz CT molecular complexity index is 1170. The van der Waals surface area contributed by atoms with Crippen LogP contribution in [0.15, 0.2) is 66.4 Å². The average Bonchev–Trinajstić information content (AvgIpc) is 3.63. The highest BCUT2D eigenvalue weighted by Crippen LogP contribution is 2.39. The number of ketones is 1. The molecule has 0 amide bonds. The fourth-order valence-corrected chi connectivity index (χ4v) is 4.73. The standard InChI is InChI=1S/C26H25FN2OS.2ClH/c27-22-7-3-2-6-21(22)25(26(30)18-9-10-18)29-12-11-24(31)20(16-29)14-17-13-19-5-1-4-8-23(19)28-15-17;;/h1-8,13-15,18,24-25,31H,9-12,16H2;2*1H/b20-14-;;. The summed E-state index contributed by atoms with van der Waals surface area (Å²) in [5.74, 6) is -0.0939. The molecule has 3 nitrogen and oxygen atoms in total. The molecule has 2 fully saturated rings. The molecule has 0 N–H and O–H groups in total. The lowest BCUT2D eigenvalue weighted by Gasteiger charge is -2.37. The maximum atomic E-state index is 14.7. The normalized spacial score (nSPS) is 20.7. The van der Waals surface area contributed by atoms with Crippen LogP contribution >= 0.6 is 37.4 Å². The van der Waals surface area contributed by atoms with E-state index in [0.717, 1.165) is 47.8 Å². The van der Waals surface area contributed by atoms with Crippen LogP contribution in [0.1, 0.15) is 36.4 Å². The molecule has 174 valence electrons. The fraction of sp³-hybridized carbons (Fsp3) is 0.308. The van der Waals surface area contributed by atoms with Crippen molar-refractivity contribution in [1.29, 1.82) is 0 Å². The van der Waals surface area contributed by atoms with E-state index in [4.69, 9.17) is 12.6 Å². The number of Topliss-reactive ketones (excluding diaryl/α,β-unsaturated/α-hetero) is 1. The number of nitrogens with zero attached hydrogens (tertiary/aromatic N) is 2. The van der Waals surface area contributed by atoms with Gasteiger partial charge in [-0.1, -0.05) is 42.5 Å². The van der Waals surface area contributed by atoms with Crippen LogP contribution < -0.4 is 0 Å². The lowest BCUT2D eigenvalue weighted by Crippen LogP contribution is -2.42. The van der Waals surface area contributed by atoms with Crippen molar-refractivity contribution >= 4 is 60.2 Å². The van der Waals surface area contributed by atoms with E-state index < -0.39 is 6.04 Å². The van der Waals surface area contributed by atoms with Crippen molar-refractivity contribution in [3.63, 3.8) is 0 Å². The van der Waals surface area contributed by atoms with Crippen LogP contribution in [0, 0.1) is 11.7 Å². The molecule has 2 unspecified atom stereocenters. The van der Waals surface area contributed by atoms with Gasteiger partial charge in [-0.25, -0.2) is 4.39 Å². The fourth-order valence-electron chi connectivity index (χ4n) is 4.45. The third-order valence-electron chi connectivity index (χ3n) is 6.28. The second kappa shape index (κ2) is 11.0. The number of hydrogen-bond donors (Lipinski definition) is 1. The van der Waals surface area contributed by atoms with Gasteiger partial charge in [0.05, 0.1) is 11.6 Å². The Morgan fingerprint density at radius 1 is 1.09 bits per heavy atom. The quantitative estimate of drug-likeness (QED) is 0.412. The molecule has 1 aromatic heterocycles. The highest BCUT2D eigenvalue weighted by molar-refractivity contribution is 7.81. The first-order chi connectivity index (χ1) is 15.1. The summed E-state index contributed by atoms with van der Waals surface area (Å²) in [4.78, 5) is 19.9. The molecule has 5 rings (SSSR count). The van der Waals surface area contributed by atoms with Gasteiger partial charge in [0.1, 0.15) is 5.82 Å². The van der Waals surface area contributed by atoms with E-state index >= 15 is 0 Å². The van der Waals surface area contributed by atoms with E-state index in [0.29, 0.717) is 12.1 Å². The lowest BCUT2D eigenvalue weighted by molar-refractivity contribution is -0.126. The number of likely N-dealkylation sites (tertiary alicyclic amines) is 1. The van der Waals surface area contributed by atoms with Gasteiger partial charge in [0.2, 0.25) is 0 Å². The van der Waals surface area contributed by atoms with E-state index in [1.165, 1.54) is 6.07 Å². The Hall–Kier alpha value is -1.92. The van der Waals surface area contributed by atoms with Gasteiger partial charge in [-0.3, -0.25) is 14.7 Å².